The van der Waals surface area contributed by atoms with Crippen LogP contribution in [0.4, 0.5) is 0 Å². The van der Waals surface area contributed by atoms with Crippen molar-refractivity contribution < 1.29 is 9.59 Å². The number of piperazine rings is 1. The Morgan fingerprint density at radius 1 is 0.848 bits per heavy atom. The van der Waals surface area contributed by atoms with Gasteiger partial charge in [-0.2, -0.15) is 0 Å². The van der Waals surface area contributed by atoms with E-state index in [0.717, 1.165) is 30.8 Å². The molecule has 33 heavy (non-hydrogen) atoms. The van der Waals surface area contributed by atoms with Gasteiger partial charge in [0.2, 0.25) is 5.91 Å². The molecule has 0 unspecified atom stereocenters. The molecule has 3 heterocycles. The van der Waals surface area contributed by atoms with E-state index in [4.69, 9.17) is 5.73 Å². The van der Waals surface area contributed by atoms with Crippen LogP contribution in [0.2, 0.25) is 0 Å². The summed E-state index contributed by atoms with van der Waals surface area (Å²) in [6.07, 6.45) is 3.69. The van der Waals surface area contributed by atoms with E-state index in [1.807, 2.05) is 39.8 Å². The number of rotatable bonds is 5. The van der Waals surface area contributed by atoms with Crippen molar-refractivity contribution in [3.63, 3.8) is 0 Å². The first-order valence-corrected chi connectivity index (χ1v) is 11.0. The Kier molecular flexibility index (Phi) is 5.62. The maximum absolute atomic E-state index is 13.1. The number of hydrogen-bond donors (Lipinski definition) is 1. The number of primary amides is 1. The van der Waals surface area contributed by atoms with Crippen LogP contribution in [0.1, 0.15) is 26.4 Å². The van der Waals surface area contributed by atoms with Gasteiger partial charge in [-0.3, -0.25) is 14.5 Å². The van der Waals surface area contributed by atoms with E-state index in [9.17, 15) is 9.59 Å². The van der Waals surface area contributed by atoms with E-state index in [1.165, 1.54) is 5.56 Å². The summed E-state index contributed by atoms with van der Waals surface area (Å²) in [6, 6.07) is 21.4. The van der Waals surface area contributed by atoms with E-state index in [-0.39, 0.29) is 5.91 Å². The van der Waals surface area contributed by atoms with E-state index >= 15 is 0 Å². The lowest BCUT2D eigenvalue weighted by atomic mass is 10.0. The van der Waals surface area contributed by atoms with Gasteiger partial charge in [0, 0.05) is 50.7 Å². The van der Waals surface area contributed by atoms with Crippen molar-refractivity contribution in [3.05, 3.63) is 95.9 Å². The third-order valence-corrected chi connectivity index (χ3v) is 6.06. The van der Waals surface area contributed by atoms with Crippen LogP contribution >= 0.6 is 0 Å². The summed E-state index contributed by atoms with van der Waals surface area (Å²) in [5.41, 5.74) is 10.1. The number of benzene rings is 2. The van der Waals surface area contributed by atoms with E-state index in [0.29, 0.717) is 30.0 Å². The molecule has 0 bridgehead atoms. The topological polar surface area (TPSA) is 83.9 Å². The summed E-state index contributed by atoms with van der Waals surface area (Å²) in [5.74, 6) is -0.507. The number of hydrogen-bond acceptors (Lipinski definition) is 4. The van der Waals surface area contributed by atoms with Gasteiger partial charge in [0.25, 0.3) is 5.91 Å². The molecule has 1 aliphatic rings. The SMILES string of the molecule is NC(=O)c1cccc(-c2ccc3nc(C(=O)N4CCN(Cc5ccccc5)CC4)cn3c2)c1. The molecule has 2 N–H and O–H groups in total. The lowest BCUT2D eigenvalue weighted by molar-refractivity contribution is 0.0623. The van der Waals surface area contributed by atoms with Gasteiger partial charge in [-0.1, -0.05) is 42.5 Å². The van der Waals surface area contributed by atoms with Crippen LogP contribution in [0, 0.1) is 0 Å². The quantitative estimate of drug-likeness (QED) is 0.518. The van der Waals surface area contributed by atoms with Gasteiger partial charge >= 0.3 is 0 Å². The Bertz CT molecular complexity index is 1310. The average molecular weight is 440 g/mol. The second-order valence-electron chi connectivity index (χ2n) is 8.31. The first-order chi connectivity index (χ1) is 16.1. The van der Waals surface area contributed by atoms with Crippen LogP contribution in [0.3, 0.4) is 0 Å². The number of nitrogens with two attached hydrogens (primary N) is 1. The largest absolute Gasteiger partial charge is 0.366 e. The standard InChI is InChI=1S/C26H25N5O2/c27-25(32)21-8-4-7-20(15-21)22-9-10-24-28-23(18-31(24)17-22)26(33)30-13-11-29(12-14-30)16-19-5-2-1-3-6-19/h1-10,15,17-18H,11-14,16H2,(H2,27,32). The van der Waals surface area contributed by atoms with Crippen LogP contribution in [0.25, 0.3) is 16.8 Å². The van der Waals surface area contributed by atoms with Crippen molar-refractivity contribution in [1.29, 1.82) is 0 Å². The molecule has 5 rings (SSSR count). The van der Waals surface area contributed by atoms with Gasteiger partial charge in [0.1, 0.15) is 11.3 Å². The molecule has 1 saturated heterocycles. The van der Waals surface area contributed by atoms with Crippen molar-refractivity contribution in [2.45, 2.75) is 6.54 Å². The van der Waals surface area contributed by atoms with Gasteiger partial charge in [-0.15, -0.1) is 0 Å². The van der Waals surface area contributed by atoms with Crippen molar-refractivity contribution in [2.75, 3.05) is 26.2 Å². The van der Waals surface area contributed by atoms with Gasteiger partial charge in [0.15, 0.2) is 0 Å². The highest BCUT2D eigenvalue weighted by Crippen LogP contribution is 2.22. The summed E-state index contributed by atoms with van der Waals surface area (Å²) >= 11 is 0. The minimum Gasteiger partial charge on any atom is -0.366 e. The van der Waals surface area contributed by atoms with Crippen LogP contribution in [-0.2, 0) is 6.54 Å². The fourth-order valence-electron chi connectivity index (χ4n) is 4.23. The molecule has 1 aliphatic heterocycles. The number of pyridine rings is 1. The van der Waals surface area contributed by atoms with Crippen molar-refractivity contribution in [2.24, 2.45) is 5.73 Å². The molecule has 2 aromatic heterocycles. The third kappa shape index (κ3) is 4.49. The lowest BCUT2D eigenvalue weighted by Gasteiger charge is -2.34. The molecular formula is C26H25N5O2. The predicted octanol–water partition coefficient (Wildman–Crippen LogP) is 3.06. The molecule has 7 heteroatoms. The highest BCUT2D eigenvalue weighted by atomic mass is 16.2. The number of carbonyl (C=O) groups excluding carboxylic acids is 2. The summed E-state index contributed by atoms with van der Waals surface area (Å²) < 4.78 is 1.85. The number of carbonyl (C=O) groups is 2. The van der Waals surface area contributed by atoms with Gasteiger partial charge < -0.3 is 15.0 Å². The van der Waals surface area contributed by atoms with Crippen LogP contribution in [-0.4, -0.2) is 57.2 Å². The minimum absolute atomic E-state index is 0.0460. The Labute approximate surface area is 192 Å². The Hall–Kier alpha value is -3.97. The van der Waals surface area contributed by atoms with Crippen molar-refractivity contribution in [1.82, 2.24) is 19.2 Å². The maximum atomic E-state index is 13.1. The summed E-state index contributed by atoms with van der Waals surface area (Å²) in [4.78, 5) is 33.4. The molecular weight excluding hydrogens is 414 g/mol. The smallest absolute Gasteiger partial charge is 0.274 e. The highest BCUT2D eigenvalue weighted by Gasteiger charge is 2.24. The number of fused-ring (bicyclic) bond motifs is 1. The Morgan fingerprint density at radius 2 is 1.64 bits per heavy atom. The molecule has 2 aromatic carbocycles. The summed E-state index contributed by atoms with van der Waals surface area (Å²) in [7, 11) is 0. The van der Waals surface area contributed by atoms with E-state index in [1.54, 1.807) is 24.4 Å². The second kappa shape index (κ2) is 8.88. The van der Waals surface area contributed by atoms with Crippen LogP contribution in [0.5, 0.6) is 0 Å². The zero-order valence-corrected chi connectivity index (χ0v) is 18.2. The van der Waals surface area contributed by atoms with Gasteiger partial charge in [-0.05, 0) is 41.0 Å². The molecule has 0 spiro atoms. The maximum Gasteiger partial charge on any atom is 0.274 e. The van der Waals surface area contributed by atoms with E-state index < -0.39 is 5.91 Å². The minimum atomic E-state index is -0.461. The van der Waals surface area contributed by atoms with E-state index in [2.05, 4.69) is 34.1 Å². The third-order valence-electron chi connectivity index (χ3n) is 6.06. The van der Waals surface area contributed by atoms with Gasteiger partial charge in [0.05, 0.1) is 0 Å². The molecule has 0 saturated carbocycles. The molecule has 7 nitrogen and oxygen atoms in total. The molecule has 2 amide bonds. The molecule has 0 radical (unpaired) electrons. The van der Waals surface area contributed by atoms with Crippen LogP contribution < -0.4 is 5.73 Å². The molecule has 0 aliphatic carbocycles. The number of imidazole rings is 1. The number of nitrogens with zero attached hydrogens (tertiary/aromatic N) is 4. The fourth-order valence-corrected chi connectivity index (χ4v) is 4.23. The van der Waals surface area contributed by atoms with Crippen LogP contribution in [0.15, 0.2) is 79.1 Å². The number of amides is 2. The monoisotopic (exact) mass is 439 g/mol. The first kappa shape index (κ1) is 20.9. The summed E-state index contributed by atoms with van der Waals surface area (Å²) in [6.45, 7) is 3.95. The second-order valence-corrected chi connectivity index (χ2v) is 8.31. The highest BCUT2D eigenvalue weighted by molar-refractivity contribution is 5.94. The van der Waals surface area contributed by atoms with Crippen molar-refractivity contribution >= 4 is 17.5 Å². The summed E-state index contributed by atoms with van der Waals surface area (Å²) in [5, 5.41) is 0. The van der Waals surface area contributed by atoms with Crippen molar-refractivity contribution in [3.8, 4) is 11.1 Å². The molecule has 0 atom stereocenters. The first-order valence-electron chi connectivity index (χ1n) is 11.0. The molecule has 1 fully saturated rings. The molecule has 166 valence electrons. The zero-order chi connectivity index (χ0) is 22.8. The Morgan fingerprint density at radius 3 is 2.39 bits per heavy atom. The number of aromatic nitrogens is 2. The zero-order valence-electron chi connectivity index (χ0n) is 18.2. The van der Waals surface area contributed by atoms with Gasteiger partial charge in [-0.25, -0.2) is 4.98 Å². The fraction of sp³-hybridized carbons (Fsp3) is 0.192. The normalized spacial score (nSPS) is 14.5. The average Bonchev–Trinajstić information content (AvgIpc) is 3.28. The lowest BCUT2D eigenvalue weighted by Crippen LogP contribution is -2.48. The molecule has 4 aromatic rings. The predicted molar refractivity (Wildman–Crippen MR) is 127 cm³/mol. The Balaban J connectivity index is 1.29.